The van der Waals surface area contributed by atoms with E-state index in [1.165, 1.54) is 0 Å². The third-order valence-corrected chi connectivity index (χ3v) is 3.05. The van der Waals surface area contributed by atoms with Gasteiger partial charge in [0.05, 0.1) is 6.54 Å². The van der Waals surface area contributed by atoms with Crippen LogP contribution in [0.2, 0.25) is 0 Å². The van der Waals surface area contributed by atoms with E-state index in [4.69, 9.17) is 9.57 Å². The number of carbonyl (C=O) groups excluding carboxylic acids is 1. The minimum Gasteiger partial charge on any atom is -0.444 e. The third kappa shape index (κ3) is 2.93. The molecule has 0 aromatic heterocycles. The first kappa shape index (κ1) is 12.7. The van der Waals surface area contributed by atoms with Gasteiger partial charge >= 0.3 is 6.09 Å². The highest BCUT2D eigenvalue weighted by atomic mass is 79.9. The molecular weight excluding hydrogens is 288 g/mol. The zero-order valence-corrected chi connectivity index (χ0v) is 11.8. The molecule has 5 nitrogen and oxygen atoms in total. The number of ether oxygens (including phenoxy) is 1. The van der Waals surface area contributed by atoms with Crippen LogP contribution in [0.25, 0.3) is 0 Å². The molecule has 1 amide bonds. The summed E-state index contributed by atoms with van der Waals surface area (Å²) >= 11 is 3.32. The number of halogens is 1. The Morgan fingerprint density at radius 2 is 2.35 bits per heavy atom. The van der Waals surface area contributed by atoms with Gasteiger partial charge in [0.1, 0.15) is 15.8 Å². The first-order chi connectivity index (χ1) is 7.80. The zero-order chi connectivity index (χ0) is 12.7. The Hall–Kier alpha value is -0.750. The molecule has 1 saturated heterocycles. The SMILES string of the molecule is CC(C)(C)OC(=O)N1CC[C@]2(C=C(Br)NO2)C1. The summed E-state index contributed by atoms with van der Waals surface area (Å²) in [5.74, 6) is 0. The lowest BCUT2D eigenvalue weighted by Gasteiger charge is -2.25. The number of nitrogens with zero attached hydrogens (tertiary/aromatic N) is 1. The van der Waals surface area contributed by atoms with Crippen LogP contribution in [-0.2, 0) is 9.57 Å². The van der Waals surface area contributed by atoms with E-state index in [-0.39, 0.29) is 6.09 Å². The summed E-state index contributed by atoms with van der Waals surface area (Å²) in [5.41, 5.74) is 1.89. The number of hydrogen-bond donors (Lipinski definition) is 1. The van der Waals surface area contributed by atoms with Crippen molar-refractivity contribution in [1.29, 1.82) is 0 Å². The molecule has 0 bridgehead atoms. The summed E-state index contributed by atoms with van der Waals surface area (Å²) in [4.78, 5) is 19.0. The number of hydroxylamine groups is 1. The minimum atomic E-state index is -0.460. The molecule has 2 aliphatic rings. The van der Waals surface area contributed by atoms with Gasteiger partial charge in [0.25, 0.3) is 0 Å². The van der Waals surface area contributed by atoms with Crippen molar-refractivity contribution in [1.82, 2.24) is 10.4 Å². The molecule has 1 fully saturated rings. The molecule has 2 heterocycles. The maximum absolute atomic E-state index is 11.9. The van der Waals surface area contributed by atoms with E-state index >= 15 is 0 Å². The normalized spacial score (nSPS) is 28.2. The smallest absolute Gasteiger partial charge is 0.410 e. The van der Waals surface area contributed by atoms with E-state index < -0.39 is 11.2 Å². The van der Waals surface area contributed by atoms with Crippen LogP contribution < -0.4 is 5.48 Å². The van der Waals surface area contributed by atoms with E-state index in [0.29, 0.717) is 13.1 Å². The summed E-state index contributed by atoms with van der Waals surface area (Å²) in [6.07, 6.45) is 2.44. The van der Waals surface area contributed by atoms with Crippen molar-refractivity contribution in [2.75, 3.05) is 13.1 Å². The van der Waals surface area contributed by atoms with Crippen molar-refractivity contribution in [3.63, 3.8) is 0 Å². The number of carbonyl (C=O) groups is 1. The van der Waals surface area contributed by atoms with Crippen LogP contribution in [0.1, 0.15) is 27.2 Å². The number of nitrogens with one attached hydrogen (secondary N) is 1. The average molecular weight is 305 g/mol. The number of amides is 1. The molecule has 1 N–H and O–H groups in total. The van der Waals surface area contributed by atoms with Gasteiger partial charge in [0.2, 0.25) is 0 Å². The van der Waals surface area contributed by atoms with E-state index in [0.717, 1.165) is 11.0 Å². The lowest BCUT2D eigenvalue weighted by atomic mass is 10.0. The van der Waals surface area contributed by atoms with Crippen LogP contribution >= 0.6 is 15.9 Å². The maximum atomic E-state index is 11.9. The van der Waals surface area contributed by atoms with Crippen molar-refractivity contribution in [2.45, 2.75) is 38.4 Å². The maximum Gasteiger partial charge on any atom is 0.410 e. The number of rotatable bonds is 0. The van der Waals surface area contributed by atoms with Gasteiger partial charge in [0, 0.05) is 13.0 Å². The van der Waals surface area contributed by atoms with Gasteiger partial charge in [-0.1, -0.05) is 0 Å². The predicted molar refractivity (Wildman–Crippen MR) is 66.4 cm³/mol. The average Bonchev–Trinajstić information content (AvgIpc) is 2.72. The van der Waals surface area contributed by atoms with Crippen LogP contribution in [0.5, 0.6) is 0 Å². The van der Waals surface area contributed by atoms with Gasteiger partial charge in [-0.25, -0.2) is 4.79 Å². The van der Waals surface area contributed by atoms with Crippen molar-refractivity contribution in [3.05, 3.63) is 10.7 Å². The molecule has 1 atom stereocenters. The van der Waals surface area contributed by atoms with Crippen molar-refractivity contribution < 1.29 is 14.4 Å². The molecule has 0 radical (unpaired) electrons. The molecule has 1 spiro atoms. The van der Waals surface area contributed by atoms with E-state index in [1.807, 2.05) is 26.8 Å². The third-order valence-electron chi connectivity index (χ3n) is 2.66. The molecule has 0 saturated carbocycles. The van der Waals surface area contributed by atoms with Gasteiger partial charge in [-0.05, 0) is 42.8 Å². The molecule has 2 rings (SSSR count). The fourth-order valence-electron chi connectivity index (χ4n) is 1.93. The highest BCUT2D eigenvalue weighted by molar-refractivity contribution is 9.11. The lowest BCUT2D eigenvalue weighted by molar-refractivity contribution is -0.0327. The van der Waals surface area contributed by atoms with Crippen LogP contribution in [0.3, 0.4) is 0 Å². The summed E-state index contributed by atoms with van der Waals surface area (Å²) in [6.45, 7) is 6.75. The highest BCUT2D eigenvalue weighted by Crippen LogP contribution is 2.32. The molecule has 2 aliphatic heterocycles. The van der Waals surface area contributed by atoms with Gasteiger partial charge in [-0.2, -0.15) is 0 Å². The summed E-state index contributed by atoms with van der Waals surface area (Å²) in [6, 6.07) is 0. The second-order valence-corrected chi connectivity index (χ2v) is 6.27. The van der Waals surface area contributed by atoms with Crippen LogP contribution in [-0.4, -0.2) is 35.3 Å². The molecule has 96 valence electrons. The van der Waals surface area contributed by atoms with Crippen molar-refractivity contribution in [2.24, 2.45) is 0 Å². The van der Waals surface area contributed by atoms with Crippen LogP contribution in [0.15, 0.2) is 10.7 Å². The molecule has 0 aliphatic carbocycles. The Morgan fingerprint density at radius 3 is 2.88 bits per heavy atom. The number of hydrogen-bond acceptors (Lipinski definition) is 4. The second-order valence-electron chi connectivity index (χ2n) is 5.41. The van der Waals surface area contributed by atoms with E-state index in [1.54, 1.807) is 4.90 Å². The van der Waals surface area contributed by atoms with Gasteiger partial charge in [-0.3, -0.25) is 10.3 Å². The molecular formula is C11H17BrN2O3. The second kappa shape index (κ2) is 4.17. The van der Waals surface area contributed by atoms with Crippen LogP contribution in [0.4, 0.5) is 4.79 Å². The standard InChI is InChI=1S/C11H17BrN2O3/c1-10(2,3)16-9(15)14-5-4-11(7-14)6-8(12)13-17-11/h6,13H,4-5,7H2,1-3H3/t11-/m0/s1. The minimum absolute atomic E-state index is 0.283. The Bertz CT molecular complexity index is 364. The topological polar surface area (TPSA) is 50.8 Å². The first-order valence-corrected chi connectivity index (χ1v) is 6.39. The Morgan fingerprint density at radius 1 is 1.65 bits per heavy atom. The lowest BCUT2D eigenvalue weighted by Crippen LogP contribution is -2.39. The van der Waals surface area contributed by atoms with Gasteiger partial charge in [0.15, 0.2) is 0 Å². The molecule has 17 heavy (non-hydrogen) atoms. The first-order valence-electron chi connectivity index (χ1n) is 5.60. The summed E-state index contributed by atoms with van der Waals surface area (Å²) in [5, 5.41) is 0. The van der Waals surface area contributed by atoms with E-state index in [9.17, 15) is 4.79 Å². The Balaban J connectivity index is 1.97. The monoisotopic (exact) mass is 304 g/mol. The molecule has 0 aromatic rings. The predicted octanol–water partition coefficient (Wildman–Crippen LogP) is 2.14. The summed E-state index contributed by atoms with van der Waals surface area (Å²) < 4.78 is 6.14. The van der Waals surface area contributed by atoms with Gasteiger partial charge < -0.3 is 9.64 Å². The molecule has 0 aromatic carbocycles. The molecule has 6 heteroatoms. The fourth-order valence-corrected chi connectivity index (χ4v) is 2.43. The van der Waals surface area contributed by atoms with Gasteiger partial charge in [-0.15, -0.1) is 0 Å². The van der Waals surface area contributed by atoms with Crippen molar-refractivity contribution >= 4 is 22.0 Å². The quantitative estimate of drug-likeness (QED) is 0.697. The Kier molecular flexibility index (Phi) is 3.12. The number of likely N-dealkylation sites (tertiary alicyclic amines) is 1. The highest BCUT2D eigenvalue weighted by Gasteiger charge is 2.44. The fraction of sp³-hybridized carbons (Fsp3) is 0.727. The Labute approximate surface area is 109 Å². The largest absolute Gasteiger partial charge is 0.444 e. The zero-order valence-electron chi connectivity index (χ0n) is 10.2. The summed E-state index contributed by atoms with van der Waals surface area (Å²) in [7, 11) is 0. The van der Waals surface area contributed by atoms with Crippen molar-refractivity contribution in [3.8, 4) is 0 Å². The molecule has 0 unspecified atom stereocenters. The van der Waals surface area contributed by atoms with E-state index in [2.05, 4.69) is 21.4 Å². The van der Waals surface area contributed by atoms with Crippen LogP contribution in [0, 0.1) is 0 Å².